The summed E-state index contributed by atoms with van der Waals surface area (Å²) in [6.07, 6.45) is 3.35. The Hall–Kier alpha value is -2.18. The first-order valence-electron chi connectivity index (χ1n) is 7.85. The lowest BCUT2D eigenvalue weighted by Gasteiger charge is -2.06. The van der Waals surface area contributed by atoms with E-state index >= 15 is 0 Å². The average molecular weight is 348 g/mol. The zero-order chi connectivity index (χ0) is 16.2. The number of nitrogens with zero attached hydrogens (tertiary/aromatic N) is 4. The molecule has 7 heteroatoms. The van der Waals surface area contributed by atoms with Crippen LogP contribution in [0.5, 0.6) is 0 Å². The summed E-state index contributed by atoms with van der Waals surface area (Å²) >= 11 is 0. The molecule has 0 aliphatic carbocycles. The Morgan fingerprint density at radius 2 is 2.00 bits per heavy atom. The Bertz CT molecular complexity index is 768. The Morgan fingerprint density at radius 3 is 2.67 bits per heavy atom. The van der Waals surface area contributed by atoms with Gasteiger partial charge in [-0.1, -0.05) is 30.3 Å². The summed E-state index contributed by atoms with van der Waals surface area (Å²) in [5.74, 6) is 1.23. The lowest BCUT2D eigenvalue weighted by molar-refractivity contribution is 0.418. The molecule has 0 saturated heterocycles. The molecule has 3 rings (SSSR count). The Labute approximate surface area is 147 Å². The molecule has 3 aromatic rings. The monoisotopic (exact) mass is 347 g/mol. The first-order valence-corrected chi connectivity index (χ1v) is 7.85. The minimum atomic E-state index is 0. The number of hydrogen-bond acceptors (Lipinski definition) is 5. The van der Waals surface area contributed by atoms with E-state index in [-0.39, 0.29) is 12.4 Å². The van der Waals surface area contributed by atoms with E-state index in [2.05, 4.69) is 34.4 Å². The number of rotatable bonds is 6. The van der Waals surface area contributed by atoms with Crippen LogP contribution in [0.15, 0.2) is 41.1 Å². The number of hydrogen-bond donors (Lipinski definition) is 1. The van der Waals surface area contributed by atoms with Gasteiger partial charge in [-0.15, -0.1) is 12.4 Å². The second kappa shape index (κ2) is 8.08. The highest BCUT2D eigenvalue weighted by Gasteiger charge is 2.18. The van der Waals surface area contributed by atoms with Crippen molar-refractivity contribution in [1.82, 2.24) is 25.2 Å². The van der Waals surface area contributed by atoms with Gasteiger partial charge in [0, 0.05) is 12.5 Å². The maximum atomic E-state index is 5.45. The second-order valence-corrected chi connectivity index (χ2v) is 5.52. The van der Waals surface area contributed by atoms with E-state index in [9.17, 15) is 0 Å². The van der Waals surface area contributed by atoms with Crippen molar-refractivity contribution in [2.45, 2.75) is 32.7 Å². The summed E-state index contributed by atoms with van der Waals surface area (Å²) < 4.78 is 7.37. The van der Waals surface area contributed by atoms with Gasteiger partial charge in [0.25, 0.3) is 5.89 Å². The Morgan fingerprint density at radius 1 is 1.25 bits per heavy atom. The van der Waals surface area contributed by atoms with E-state index < -0.39 is 0 Å². The molecule has 24 heavy (non-hydrogen) atoms. The standard InChI is InChI=1S/C17H21N5O.ClH/c1-4-15-14(11-19-22(15)13-8-6-5-7-9-13)17-20-16(21-23-17)10-12(2)18-3;/h5-9,11-12,18H,4,10H2,1-3H3;1H. The van der Waals surface area contributed by atoms with Crippen LogP contribution in [0.1, 0.15) is 25.4 Å². The molecule has 1 atom stereocenters. The first-order chi connectivity index (χ1) is 11.2. The molecule has 1 aromatic carbocycles. The Balaban J connectivity index is 0.00000208. The van der Waals surface area contributed by atoms with Crippen molar-refractivity contribution >= 4 is 12.4 Å². The third-order valence-electron chi connectivity index (χ3n) is 3.88. The summed E-state index contributed by atoms with van der Waals surface area (Å²) in [6.45, 7) is 4.18. The molecule has 1 unspecified atom stereocenters. The highest BCUT2D eigenvalue weighted by atomic mass is 35.5. The molecule has 0 spiro atoms. The number of aromatic nitrogens is 4. The quantitative estimate of drug-likeness (QED) is 0.742. The maximum Gasteiger partial charge on any atom is 0.261 e. The van der Waals surface area contributed by atoms with Crippen LogP contribution in [0.3, 0.4) is 0 Å². The molecule has 6 nitrogen and oxygen atoms in total. The third-order valence-corrected chi connectivity index (χ3v) is 3.88. The highest BCUT2D eigenvalue weighted by Crippen LogP contribution is 2.25. The molecule has 128 valence electrons. The minimum absolute atomic E-state index is 0. The van der Waals surface area contributed by atoms with Crippen LogP contribution in [0.2, 0.25) is 0 Å². The van der Waals surface area contributed by atoms with E-state index in [0.717, 1.165) is 29.8 Å². The van der Waals surface area contributed by atoms with Crippen LogP contribution >= 0.6 is 12.4 Å². The van der Waals surface area contributed by atoms with Gasteiger partial charge in [-0.25, -0.2) is 4.68 Å². The normalized spacial score (nSPS) is 12.0. The fraction of sp³-hybridized carbons (Fsp3) is 0.353. The van der Waals surface area contributed by atoms with Crippen LogP contribution in [-0.4, -0.2) is 33.0 Å². The van der Waals surface area contributed by atoms with Crippen LogP contribution < -0.4 is 5.32 Å². The van der Waals surface area contributed by atoms with Gasteiger partial charge in [-0.05, 0) is 32.5 Å². The minimum Gasteiger partial charge on any atom is -0.334 e. The van der Waals surface area contributed by atoms with Crippen LogP contribution in [0.4, 0.5) is 0 Å². The van der Waals surface area contributed by atoms with Crippen molar-refractivity contribution in [3.63, 3.8) is 0 Å². The topological polar surface area (TPSA) is 68.8 Å². The fourth-order valence-electron chi connectivity index (χ4n) is 2.51. The summed E-state index contributed by atoms with van der Waals surface area (Å²) in [5.41, 5.74) is 2.99. The predicted molar refractivity (Wildman–Crippen MR) is 95.7 cm³/mol. The van der Waals surface area contributed by atoms with Crippen LogP contribution in [-0.2, 0) is 12.8 Å². The SMILES string of the molecule is CCc1c(-c2nc(CC(C)NC)no2)cnn1-c1ccccc1.Cl. The fourth-order valence-corrected chi connectivity index (χ4v) is 2.51. The van der Waals surface area contributed by atoms with Gasteiger partial charge in [0.1, 0.15) is 0 Å². The molecule has 1 N–H and O–H groups in total. The van der Waals surface area contributed by atoms with Gasteiger partial charge in [-0.3, -0.25) is 0 Å². The number of halogens is 1. The molecule has 0 amide bonds. The van der Waals surface area contributed by atoms with Gasteiger partial charge >= 0.3 is 0 Å². The third kappa shape index (κ3) is 3.66. The molecule has 0 bridgehead atoms. The van der Waals surface area contributed by atoms with Crippen molar-refractivity contribution in [1.29, 1.82) is 0 Å². The van der Waals surface area contributed by atoms with Crippen molar-refractivity contribution in [2.75, 3.05) is 7.05 Å². The molecular weight excluding hydrogens is 326 g/mol. The van der Waals surface area contributed by atoms with Gasteiger partial charge in [0.15, 0.2) is 5.82 Å². The summed E-state index contributed by atoms with van der Waals surface area (Å²) in [4.78, 5) is 4.51. The largest absolute Gasteiger partial charge is 0.334 e. The molecule has 2 aromatic heterocycles. The highest BCUT2D eigenvalue weighted by molar-refractivity contribution is 5.85. The van der Waals surface area contributed by atoms with Gasteiger partial charge in [0.2, 0.25) is 0 Å². The number of nitrogens with one attached hydrogen (secondary N) is 1. The molecule has 0 aliphatic heterocycles. The first kappa shape index (κ1) is 18.2. The zero-order valence-electron chi connectivity index (χ0n) is 14.1. The molecule has 0 saturated carbocycles. The average Bonchev–Trinajstić information content (AvgIpc) is 3.21. The van der Waals surface area contributed by atoms with E-state index in [1.165, 1.54) is 0 Å². The molecular formula is C17H22ClN5O. The summed E-state index contributed by atoms with van der Waals surface area (Å²) in [6, 6.07) is 10.4. The lowest BCUT2D eigenvalue weighted by Crippen LogP contribution is -2.24. The Kier molecular flexibility index (Phi) is 6.11. The predicted octanol–water partition coefficient (Wildman–Crippen LogP) is 3.06. The van der Waals surface area contributed by atoms with Gasteiger partial charge in [-0.2, -0.15) is 10.1 Å². The van der Waals surface area contributed by atoms with Crippen molar-refractivity contribution in [3.8, 4) is 17.1 Å². The maximum absolute atomic E-state index is 5.45. The van der Waals surface area contributed by atoms with Crippen molar-refractivity contribution < 1.29 is 4.52 Å². The lowest BCUT2D eigenvalue weighted by atomic mass is 10.2. The van der Waals surface area contributed by atoms with Crippen LogP contribution in [0.25, 0.3) is 17.1 Å². The van der Waals surface area contributed by atoms with Gasteiger partial charge < -0.3 is 9.84 Å². The van der Waals surface area contributed by atoms with E-state index in [1.807, 2.05) is 42.1 Å². The summed E-state index contributed by atoms with van der Waals surface area (Å²) in [5, 5.41) is 11.7. The van der Waals surface area contributed by atoms with E-state index in [1.54, 1.807) is 6.20 Å². The number of benzene rings is 1. The van der Waals surface area contributed by atoms with Crippen molar-refractivity contribution in [3.05, 3.63) is 48.0 Å². The molecule has 0 aliphatic rings. The molecule has 2 heterocycles. The smallest absolute Gasteiger partial charge is 0.261 e. The second-order valence-electron chi connectivity index (χ2n) is 5.52. The zero-order valence-corrected chi connectivity index (χ0v) is 14.9. The molecule has 0 radical (unpaired) electrons. The van der Waals surface area contributed by atoms with E-state index in [4.69, 9.17) is 4.52 Å². The number of likely N-dealkylation sites (N-methyl/N-ethyl adjacent to an activating group) is 1. The molecule has 0 fully saturated rings. The van der Waals surface area contributed by atoms with E-state index in [0.29, 0.717) is 17.8 Å². The summed E-state index contributed by atoms with van der Waals surface area (Å²) in [7, 11) is 1.92. The van der Waals surface area contributed by atoms with Crippen LogP contribution in [0, 0.1) is 0 Å². The van der Waals surface area contributed by atoms with Gasteiger partial charge in [0.05, 0.1) is 23.1 Å². The number of para-hydroxylation sites is 1. The van der Waals surface area contributed by atoms with Crippen molar-refractivity contribution in [2.24, 2.45) is 0 Å².